The van der Waals surface area contributed by atoms with Gasteiger partial charge in [-0.1, -0.05) is 0 Å². The predicted octanol–water partition coefficient (Wildman–Crippen LogP) is 6.36. The van der Waals surface area contributed by atoms with Gasteiger partial charge >= 0.3 is 76.2 Å². The van der Waals surface area contributed by atoms with Crippen LogP contribution in [0.4, 0.5) is 114 Å². The van der Waals surface area contributed by atoms with E-state index in [0.29, 0.717) is 0 Å². The van der Waals surface area contributed by atoms with Crippen molar-refractivity contribution < 1.29 is 141 Å². The van der Waals surface area contributed by atoms with E-state index in [-0.39, 0.29) is 0 Å². The molecule has 1 unspecified atom stereocenters. The topological polar surface area (TPSA) is 112 Å². The van der Waals surface area contributed by atoms with E-state index < -0.39 is 132 Å². The molecule has 0 rings (SSSR count). The van der Waals surface area contributed by atoms with E-state index in [2.05, 4.69) is 0 Å². The Balaban J connectivity index is 7.25. The molecule has 1 N–H and O–H groups in total. The van der Waals surface area contributed by atoms with Crippen molar-refractivity contribution in [3.63, 3.8) is 0 Å². The van der Waals surface area contributed by atoms with Crippen LogP contribution in [-0.4, -0.2) is 133 Å². The number of aliphatic carboxylic acids is 1. The number of rotatable bonds is 16. The summed E-state index contributed by atoms with van der Waals surface area (Å²) in [5.74, 6) is -73.4. The maximum atomic E-state index is 14.3. The van der Waals surface area contributed by atoms with Gasteiger partial charge in [0, 0.05) is 20.6 Å². The maximum absolute atomic E-state index is 14.3. The highest BCUT2D eigenvalue weighted by Crippen LogP contribution is 2.63. The van der Waals surface area contributed by atoms with E-state index >= 15 is 0 Å². The number of carbonyl (C=O) groups is 1. The number of hydrogen-bond acceptors (Lipinski definition) is 5. The van der Waals surface area contributed by atoms with Crippen molar-refractivity contribution in [2.45, 2.75) is 76.3 Å². The molecule has 8 nitrogen and oxygen atoms in total. The molecule has 0 spiro atoms. The van der Waals surface area contributed by atoms with Crippen LogP contribution in [0.25, 0.3) is 0 Å². The average Bonchev–Trinajstić information content (AvgIpc) is 2.92. The Kier molecular flexibility index (Phi) is 12.4. The standard InChI is InChI=1S/C17H10F26N2O6S2/c1-44(52(48,49)16(40,41)12(30,31)8(22,23)6(18,19)10(26,27)14(34,35)36)3-4(5(46)47)45(2)53(50,51)17(42,43)13(32,33)9(24,25)7(20,21)11(28,29)15(37,38)39/h4H,3H2,1-2H3,(H,46,47). The van der Waals surface area contributed by atoms with E-state index in [1.54, 1.807) is 0 Å². The first-order chi connectivity index (χ1) is 22.4. The molecule has 36 heteroatoms. The molecule has 0 saturated carbocycles. The van der Waals surface area contributed by atoms with Crippen LogP contribution in [0, 0.1) is 0 Å². The van der Waals surface area contributed by atoms with Crippen LogP contribution < -0.4 is 0 Å². The van der Waals surface area contributed by atoms with Crippen molar-refractivity contribution in [1.29, 1.82) is 0 Å². The summed E-state index contributed by atoms with van der Waals surface area (Å²) in [6, 6.07) is -4.42. The largest absolute Gasteiger partial charge is 0.480 e. The number of nitrogens with zero attached hydrogens (tertiary/aromatic N) is 2. The van der Waals surface area contributed by atoms with Crippen LogP contribution in [0.3, 0.4) is 0 Å². The number of alkyl halides is 26. The SMILES string of the molecule is CN(CC(C(=O)O)N(C)S(=O)(=O)C(F)(F)C(F)(F)C(F)(F)C(F)(F)C(F)(F)C(F)(F)F)S(=O)(=O)C(F)(F)C(F)(F)C(F)(F)C(F)(F)C(F)(F)C(F)(F)F. The lowest BCUT2D eigenvalue weighted by atomic mass is 9.98. The molecule has 0 bridgehead atoms. The quantitative estimate of drug-likeness (QED) is 0.181. The summed E-state index contributed by atoms with van der Waals surface area (Å²) in [5, 5.41) is -7.67. The minimum Gasteiger partial charge on any atom is -0.480 e. The summed E-state index contributed by atoms with van der Waals surface area (Å²) in [4.78, 5) is 11.4. The molecule has 0 aromatic carbocycles. The molecular formula is C17H10F26N2O6S2. The lowest BCUT2D eigenvalue weighted by Gasteiger charge is -2.41. The second-order valence-electron chi connectivity index (χ2n) is 9.79. The van der Waals surface area contributed by atoms with E-state index in [0.717, 1.165) is 0 Å². The number of carboxylic acids is 1. The Morgan fingerprint density at radius 2 is 0.679 bits per heavy atom. The van der Waals surface area contributed by atoms with Gasteiger partial charge in [0.25, 0.3) is 20.0 Å². The Morgan fingerprint density at radius 3 is 0.906 bits per heavy atom. The van der Waals surface area contributed by atoms with Gasteiger partial charge in [-0.15, -0.1) is 0 Å². The van der Waals surface area contributed by atoms with Crippen LogP contribution in [0.5, 0.6) is 0 Å². The molecule has 0 saturated heterocycles. The van der Waals surface area contributed by atoms with Gasteiger partial charge in [-0.25, -0.2) is 16.8 Å². The van der Waals surface area contributed by atoms with Crippen molar-refractivity contribution >= 4 is 26.0 Å². The molecule has 0 aromatic heterocycles. The minimum atomic E-state index is -8.92. The summed E-state index contributed by atoms with van der Waals surface area (Å²) >= 11 is 0. The first-order valence-corrected chi connectivity index (χ1v) is 14.3. The van der Waals surface area contributed by atoms with Gasteiger partial charge in [-0.3, -0.25) is 4.79 Å². The first-order valence-electron chi connectivity index (χ1n) is 11.4. The van der Waals surface area contributed by atoms with Crippen LogP contribution in [0.1, 0.15) is 0 Å². The van der Waals surface area contributed by atoms with Gasteiger partial charge < -0.3 is 5.11 Å². The Bertz CT molecular complexity index is 1600. The fourth-order valence-electron chi connectivity index (χ4n) is 3.07. The molecular weight excluding hydrogens is 886 g/mol. The molecule has 1 atom stereocenters. The van der Waals surface area contributed by atoms with E-state index in [1.165, 1.54) is 0 Å². The summed E-state index contributed by atoms with van der Waals surface area (Å²) in [5.41, 5.74) is 0. The fraction of sp³-hybridized carbons (Fsp3) is 0.941. The molecule has 318 valence electrons. The van der Waals surface area contributed by atoms with Crippen LogP contribution >= 0.6 is 0 Å². The third kappa shape index (κ3) is 6.65. The van der Waals surface area contributed by atoms with Gasteiger partial charge in [0.15, 0.2) is 0 Å². The predicted molar refractivity (Wildman–Crippen MR) is 111 cm³/mol. The van der Waals surface area contributed by atoms with Crippen LogP contribution in [-0.2, 0) is 24.8 Å². The number of halogens is 26. The lowest BCUT2D eigenvalue weighted by Crippen LogP contribution is -2.72. The third-order valence-electron chi connectivity index (χ3n) is 6.40. The Labute approximate surface area is 273 Å². The molecule has 0 aliphatic heterocycles. The van der Waals surface area contributed by atoms with Crippen LogP contribution in [0.2, 0.25) is 0 Å². The Morgan fingerprint density at radius 1 is 0.453 bits per heavy atom. The lowest BCUT2D eigenvalue weighted by molar-refractivity contribution is -0.433. The fourth-order valence-corrected chi connectivity index (χ4v) is 5.56. The molecule has 53 heavy (non-hydrogen) atoms. The number of hydrogen-bond donors (Lipinski definition) is 1. The summed E-state index contributed by atoms with van der Waals surface area (Å²) < 4.78 is 391. The molecule has 0 aromatic rings. The number of likely N-dealkylation sites (N-methyl/N-ethyl adjacent to an activating group) is 2. The Hall–Kier alpha value is -2.53. The molecule has 0 aliphatic rings. The highest BCUT2D eigenvalue weighted by molar-refractivity contribution is 7.90. The van der Waals surface area contributed by atoms with Gasteiger partial charge in [0.2, 0.25) is 0 Å². The van der Waals surface area contributed by atoms with Gasteiger partial charge in [0.05, 0.1) is 0 Å². The van der Waals surface area contributed by atoms with Crippen LogP contribution in [0.15, 0.2) is 0 Å². The summed E-state index contributed by atoms with van der Waals surface area (Å²) in [6.07, 6.45) is -16.1. The summed E-state index contributed by atoms with van der Waals surface area (Å²) in [7, 11) is -18.9. The van der Waals surface area contributed by atoms with Crippen molar-refractivity contribution in [2.75, 3.05) is 20.6 Å². The monoisotopic (exact) mass is 896 g/mol. The minimum absolute atomic E-state index is 0.947. The van der Waals surface area contributed by atoms with E-state index in [1.807, 2.05) is 0 Å². The van der Waals surface area contributed by atoms with Crippen molar-refractivity contribution in [2.24, 2.45) is 0 Å². The van der Waals surface area contributed by atoms with Gasteiger partial charge in [-0.2, -0.15) is 123 Å². The zero-order chi connectivity index (χ0) is 44.0. The second-order valence-corrected chi connectivity index (χ2v) is 13.9. The average molecular weight is 896 g/mol. The third-order valence-corrected chi connectivity index (χ3v) is 10.2. The second kappa shape index (κ2) is 13.0. The molecule has 0 fully saturated rings. The number of sulfonamides is 2. The zero-order valence-corrected chi connectivity index (χ0v) is 25.4. The summed E-state index contributed by atoms with van der Waals surface area (Å²) in [6.45, 7) is -3.31. The van der Waals surface area contributed by atoms with Crippen molar-refractivity contribution in [1.82, 2.24) is 8.61 Å². The molecule has 0 radical (unpaired) electrons. The molecule has 0 amide bonds. The van der Waals surface area contributed by atoms with E-state index in [9.17, 15) is 136 Å². The first kappa shape index (κ1) is 50.5. The van der Waals surface area contributed by atoms with Crippen molar-refractivity contribution in [3.05, 3.63) is 0 Å². The molecule has 0 heterocycles. The van der Waals surface area contributed by atoms with Gasteiger partial charge in [0.1, 0.15) is 6.04 Å². The smallest absolute Gasteiger partial charge is 0.460 e. The van der Waals surface area contributed by atoms with Crippen molar-refractivity contribution in [3.8, 4) is 0 Å². The van der Waals surface area contributed by atoms with E-state index in [4.69, 9.17) is 5.11 Å². The van der Waals surface area contributed by atoms with Gasteiger partial charge in [-0.05, 0) is 0 Å². The number of carboxylic acid groups (broad SMARTS) is 1. The molecule has 0 aliphatic carbocycles. The maximum Gasteiger partial charge on any atom is 0.460 e. The highest BCUT2D eigenvalue weighted by atomic mass is 32.2. The highest BCUT2D eigenvalue weighted by Gasteiger charge is 2.94. The normalized spacial score (nSPS) is 17.1. The zero-order valence-electron chi connectivity index (χ0n) is 23.8.